The highest BCUT2D eigenvalue weighted by Gasteiger charge is 2.08. The minimum atomic E-state index is 0.157. The van der Waals surface area contributed by atoms with Gasteiger partial charge in [0.15, 0.2) is 5.43 Å². The Labute approximate surface area is 95.3 Å². The van der Waals surface area contributed by atoms with E-state index in [0.29, 0.717) is 5.92 Å². The van der Waals surface area contributed by atoms with Gasteiger partial charge in [0, 0.05) is 22.2 Å². The van der Waals surface area contributed by atoms with Gasteiger partial charge in [-0.05, 0) is 31.4 Å². The molecule has 0 amide bonds. The summed E-state index contributed by atoms with van der Waals surface area (Å²) in [5, 5.41) is 0.785. The van der Waals surface area contributed by atoms with Crippen molar-refractivity contribution < 1.29 is 0 Å². The average Bonchev–Trinajstić information content (AvgIpc) is 2.25. The second-order valence-corrected chi connectivity index (χ2v) is 4.70. The number of hydrogen-bond donors (Lipinski definition) is 1. The first-order valence-electron chi connectivity index (χ1n) is 5.70. The molecule has 0 unspecified atom stereocenters. The number of hydrogen-bond acceptors (Lipinski definition) is 1. The molecule has 0 saturated carbocycles. The Morgan fingerprint density at radius 2 is 1.94 bits per heavy atom. The predicted octanol–water partition coefficient (Wildman–Crippen LogP) is 3.04. The van der Waals surface area contributed by atoms with Crippen LogP contribution in [0.25, 0.3) is 10.9 Å². The fraction of sp³-hybridized carbons (Fsp3) is 0.357. The summed E-state index contributed by atoms with van der Waals surface area (Å²) in [7, 11) is 0. The minimum absolute atomic E-state index is 0.157. The first-order chi connectivity index (χ1) is 7.59. The maximum Gasteiger partial charge on any atom is 0.192 e. The lowest BCUT2D eigenvalue weighted by Gasteiger charge is -2.10. The summed E-state index contributed by atoms with van der Waals surface area (Å²) in [6.45, 7) is 6.23. The van der Waals surface area contributed by atoms with Crippen LogP contribution in [-0.4, -0.2) is 4.98 Å². The van der Waals surface area contributed by atoms with E-state index >= 15 is 0 Å². The van der Waals surface area contributed by atoms with E-state index in [-0.39, 0.29) is 5.43 Å². The van der Waals surface area contributed by atoms with Gasteiger partial charge >= 0.3 is 0 Å². The monoisotopic (exact) mass is 215 g/mol. The number of fused-ring (bicyclic) bond motifs is 1. The van der Waals surface area contributed by atoms with E-state index in [4.69, 9.17) is 0 Å². The average molecular weight is 215 g/mol. The Balaban J connectivity index is 2.69. The van der Waals surface area contributed by atoms with Gasteiger partial charge in [-0.25, -0.2) is 0 Å². The quantitative estimate of drug-likeness (QED) is 0.820. The van der Waals surface area contributed by atoms with E-state index in [1.165, 1.54) is 0 Å². The van der Waals surface area contributed by atoms with E-state index in [9.17, 15) is 4.79 Å². The molecule has 1 aromatic carbocycles. The molecular weight excluding hydrogens is 198 g/mol. The van der Waals surface area contributed by atoms with Crippen LogP contribution in [0.4, 0.5) is 0 Å². The first-order valence-corrected chi connectivity index (χ1v) is 5.70. The zero-order valence-corrected chi connectivity index (χ0v) is 10.0. The van der Waals surface area contributed by atoms with E-state index in [2.05, 4.69) is 18.8 Å². The zero-order valence-electron chi connectivity index (χ0n) is 10.0. The van der Waals surface area contributed by atoms with Crippen LogP contribution in [0.5, 0.6) is 0 Å². The molecule has 2 aromatic rings. The number of H-pyrrole nitrogens is 1. The number of aromatic nitrogens is 1. The number of para-hydroxylation sites is 1. The van der Waals surface area contributed by atoms with Crippen LogP contribution in [0.3, 0.4) is 0 Å². The fourth-order valence-electron chi connectivity index (χ4n) is 2.00. The van der Waals surface area contributed by atoms with Crippen molar-refractivity contribution in [1.29, 1.82) is 0 Å². The topological polar surface area (TPSA) is 32.9 Å². The molecule has 2 rings (SSSR count). The molecule has 84 valence electrons. The molecule has 0 spiro atoms. The molecule has 1 heterocycles. The second kappa shape index (κ2) is 4.12. The van der Waals surface area contributed by atoms with Gasteiger partial charge in [-0.15, -0.1) is 0 Å². The number of benzene rings is 1. The van der Waals surface area contributed by atoms with Crippen molar-refractivity contribution in [1.82, 2.24) is 4.98 Å². The molecule has 0 radical (unpaired) electrons. The normalized spacial score (nSPS) is 11.2. The van der Waals surface area contributed by atoms with Gasteiger partial charge < -0.3 is 4.98 Å². The summed E-state index contributed by atoms with van der Waals surface area (Å²) in [6, 6.07) is 7.69. The van der Waals surface area contributed by atoms with Crippen molar-refractivity contribution in [2.75, 3.05) is 0 Å². The fourth-order valence-corrected chi connectivity index (χ4v) is 2.00. The predicted molar refractivity (Wildman–Crippen MR) is 67.8 cm³/mol. The van der Waals surface area contributed by atoms with Gasteiger partial charge in [0.2, 0.25) is 0 Å². The summed E-state index contributed by atoms with van der Waals surface area (Å²) >= 11 is 0. The minimum Gasteiger partial charge on any atom is -0.358 e. The molecule has 0 bridgehead atoms. The standard InChI is InChI=1S/C14H17NO/c1-9(2)8-13-10(3)14(16)11-6-4-5-7-12(11)15-13/h4-7,9H,8H2,1-3H3,(H,15,16). The van der Waals surface area contributed by atoms with Crippen molar-refractivity contribution in [2.24, 2.45) is 5.92 Å². The molecule has 0 aliphatic carbocycles. The van der Waals surface area contributed by atoms with Crippen LogP contribution in [0, 0.1) is 12.8 Å². The van der Waals surface area contributed by atoms with Gasteiger partial charge in [-0.1, -0.05) is 26.0 Å². The number of nitrogens with one attached hydrogen (secondary N) is 1. The number of rotatable bonds is 2. The van der Waals surface area contributed by atoms with Crippen LogP contribution in [-0.2, 0) is 6.42 Å². The Hall–Kier alpha value is -1.57. The first kappa shape index (κ1) is 10.9. The Morgan fingerprint density at radius 1 is 1.25 bits per heavy atom. The van der Waals surface area contributed by atoms with E-state index in [0.717, 1.165) is 28.6 Å². The molecule has 0 saturated heterocycles. The third kappa shape index (κ3) is 1.87. The third-order valence-corrected chi connectivity index (χ3v) is 2.86. The van der Waals surface area contributed by atoms with Crippen molar-refractivity contribution in [3.63, 3.8) is 0 Å². The highest BCUT2D eigenvalue weighted by molar-refractivity contribution is 5.79. The van der Waals surface area contributed by atoms with Gasteiger partial charge in [-0.2, -0.15) is 0 Å². The molecule has 2 heteroatoms. The molecule has 0 aliphatic heterocycles. The van der Waals surface area contributed by atoms with Gasteiger partial charge in [0.1, 0.15) is 0 Å². The lowest BCUT2D eigenvalue weighted by molar-refractivity contribution is 0.633. The van der Waals surface area contributed by atoms with Gasteiger partial charge in [0.25, 0.3) is 0 Å². The molecule has 1 aromatic heterocycles. The summed E-state index contributed by atoms with van der Waals surface area (Å²) in [5.41, 5.74) is 3.02. The highest BCUT2D eigenvalue weighted by Crippen LogP contribution is 2.13. The molecular formula is C14H17NO. The van der Waals surface area contributed by atoms with Gasteiger partial charge in [-0.3, -0.25) is 4.79 Å². The van der Waals surface area contributed by atoms with Crippen LogP contribution >= 0.6 is 0 Å². The third-order valence-electron chi connectivity index (χ3n) is 2.86. The summed E-state index contributed by atoms with van der Waals surface area (Å²) in [5.74, 6) is 0.551. The van der Waals surface area contributed by atoms with Crippen LogP contribution < -0.4 is 5.43 Å². The Kier molecular flexibility index (Phi) is 2.82. The summed E-state index contributed by atoms with van der Waals surface area (Å²) in [6.07, 6.45) is 0.923. The van der Waals surface area contributed by atoms with Crippen LogP contribution in [0.15, 0.2) is 29.1 Å². The SMILES string of the molecule is Cc1c(CC(C)C)[nH]c2ccccc2c1=O. The van der Waals surface area contributed by atoms with Crippen LogP contribution in [0.1, 0.15) is 25.1 Å². The van der Waals surface area contributed by atoms with E-state index < -0.39 is 0 Å². The van der Waals surface area contributed by atoms with Crippen molar-refractivity contribution in [2.45, 2.75) is 27.2 Å². The maximum absolute atomic E-state index is 12.1. The Bertz CT molecular complexity index is 566. The lowest BCUT2D eigenvalue weighted by atomic mass is 10.0. The van der Waals surface area contributed by atoms with Gasteiger partial charge in [0.05, 0.1) is 0 Å². The molecule has 2 nitrogen and oxygen atoms in total. The number of aromatic amines is 1. The molecule has 0 aliphatic rings. The number of pyridine rings is 1. The molecule has 0 fully saturated rings. The molecule has 16 heavy (non-hydrogen) atoms. The van der Waals surface area contributed by atoms with E-state index in [1.54, 1.807) is 0 Å². The zero-order chi connectivity index (χ0) is 11.7. The summed E-state index contributed by atoms with van der Waals surface area (Å²) in [4.78, 5) is 15.5. The molecule has 0 atom stereocenters. The van der Waals surface area contributed by atoms with Crippen molar-refractivity contribution in [3.05, 3.63) is 45.7 Å². The Morgan fingerprint density at radius 3 is 2.62 bits per heavy atom. The highest BCUT2D eigenvalue weighted by atomic mass is 16.1. The smallest absolute Gasteiger partial charge is 0.192 e. The second-order valence-electron chi connectivity index (χ2n) is 4.70. The lowest BCUT2D eigenvalue weighted by Crippen LogP contribution is -2.13. The van der Waals surface area contributed by atoms with Crippen molar-refractivity contribution >= 4 is 10.9 Å². The molecule has 1 N–H and O–H groups in total. The summed E-state index contributed by atoms with van der Waals surface area (Å²) < 4.78 is 0. The van der Waals surface area contributed by atoms with Crippen LogP contribution in [0.2, 0.25) is 0 Å². The largest absolute Gasteiger partial charge is 0.358 e. The van der Waals surface area contributed by atoms with Crippen molar-refractivity contribution in [3.8, 4) is 0 Å². The van der Waals surface area contributed by atoms with E-state index in [1.807, 2.05) is 31.2 Å². The maximum atomic E-state index is 12.1.